The smallest absolute Gasteiger partial charge is 0.259 e. The Kier molecular flexibility index (Phi) is 2.71. The highest BCUT2D eigenvalue weighted by Crippen LogP contribution is 2.62. The van der Waals surface area contributed by atoms with Gasteiger partial charge in [0.1, 0.15) is 5.75 Å². The molecule has 1 aromatic carbocycles. The van der Waals surface area contributed by atoms with Crippen LogP contribution in [0, 0.1) is 5.92 Å². The summed E-state index contributed by atoms with van der Waals surface area (Å²) >= 11 is 3.11. The molecule has 0 bridgehead atoms. The van der Waals surface area contributed by atoms with Crippen LogP contribution in [0.5, 0.6) is 5.75 Å². The van der Waals surface area contributed by atoms with Crippen molar-refractivity contribution < 1.29 is 13.5 Å². The van der Waals surface area contributed by atoms with Gasteiger partial charge in [0.05, 0.1) is 13.0 Å². The van der Waals surface area contributed by atoms with Gasteiger partial charge in [0.15, 0.2) is 0 Å². The molecule has 1 fully saturated rings. The van der Waals surface area contributed by atoms with Gasteiger partial charge in [-0.05, 0) is 17.7 Å². The van der Waals surface area contributed by atoms with E-state index < -0.39 is 17.8 Å². The minimum atomic E-state index is -2.56. The van der Waals surface area contributed by atoms with Crippen LogP contribution in [-0.2, 0) is 0 Å². The summed E-state index contributed by atoms with van der Waals surface area (Å²) in [6.07, 6.45) is 0. The first-order valence-electron chi connectivity index (χ1n) is 4.69. The van der Waals surface area contributed by atoms with Crippen LogP contribution in [0.15, 0.2) is 24.3 Å². The number of halogens is 3. The molecular formula is C11H11BrF2O. The lowest BCUT2D eigenvalue weighted by molar-refractivity contribution is 0.0973. The van der Waals surface area contributed by atoms with Crippen molar-refractivity contribution in [1.29, 1.82) is 0 Å². The normalized spacial score (nSPS) is 27.5. The van der Waals surface area contributed by atoms with Crippen LogP contribution in [0.3, 0.4) is 0 Å². The van der Waals surface area contributed by atoms with E-state index in [1.165, 1.54) is 0 Å². The molecule has 1 aromatic rings. The molecular weight excluding hydrogens is 266 g/mol. The Hall–Kier alpha value is -0.640. The van der Waals surface area contributed by atoms with Gasteiger partial charge in [-0.3, -0.25) is 0 Å². The van der Waals surface area contributed by atoms with Crippen LogP contribution >= 0.6 is 15.9 Å². The number of ether oxygens (including phenoxy) is 1. The minimum absolute atomic E-state index is 0.344. The Morgan fingerprint density at radius 1 is 1.33 bits per heavy atom. The number of hydrogen-bond acceptors (Lipinski definition) is 1. The van der Waals surface area contributed by atoms with Crippen molar-refractivity contribution in [3.63, 3.8) is 0 Å². The predicted octanol–water partition coefficient (Wildman–Crippen LogP) is 3.44. The van der Waals surface area contributed by atoms with Gasteiger partial charge in [-0.15, -0.1) is 0 Å². The number of rotatable bonds is 3. The first-order valence-corrected chi connectivity index (χ1v) is 5.81. The summed E-state index contributed by atoms with van der Waals surface area (Å²) in [5.41, 5.74) is 0.685. The second-order valence-corrected chi connectivity index (χ2v) is 4.33. The summed E-state index contributed by atoms with van der Waals surface area (Å²) in [7, 11) is 1.56. The van der Waals surface area contributed by atoms with Gasteiger partial charge in [0.2, 0.25) is 0 Å². The first kappa shape index (κ1) is 10.9. The summed E-state index contributed by atoms with van der Waals surface area (Å²) in [4.78, 5) is 0. The van der Waals surface area contributed by atoms with Gasteiger partial charge in [-0.2, -0.15) is 0 Å². The molecule has 1 nitrogen and oxygen atoms in total. The Morgan fingerprint density at radius 2 is 1.93 bits per heavy atom. The summed E-state index contributed by atoms with van der Waals surface area (Å²) in [5, 5.41) is 0.344. The van der Waals surface area contributed by atoms with Gasteiger partial charge in [-0.1, -0.05) is 28.1 Å². The molecule has 2 rings (SSSR count). The Balaban J connectivity index is 2.18. The van der Waals surface area contributed by atoms with Crippen LogP contribution in [-0.4, -0.2) is 18.4 Å². The lowest BCUT2D eigenvalue weighted by Crippen LogP contribution is -1.95. The van der Waals surface area contributed by atoms with Crippen LogP contribution in [0.2, 0.25) is 0 Å². The first-order chi connectivity index (χ1) is 7.11. The Labute approximate surface area is 95.6 Å². The highest BCUT2D eigenvalue weighted by Gasteiger charge is 2.67. The van der Waals surface area contributed by atoms with Crippen molar-refractivity contribution in [2.24, 2.45) is 5.92 Å². The minimum Gasteiger partial charge on any atom is -0.497 e. The van der Waals surface area contributed by atoms with E-state index in [1.54, 1.807) is 31.4 Å². The predicted molar refractivity (Wildman–Crippen MR) is 58.0 cm³/mol. The molecule has 82 valence electrons. The van der Waals surface area contributed by atoms with Gasteiger partial charge in [-0.25, -0.2) is 8.78 Å². The van der Waals surface area contributed by atoms with Crippen LogP contribution in [0.25, 0.3) is 0 Å². The third-order valence-electron chi connectivity index (χ3n) is 2.84. The number of alkyl halides is 3. The quantitative estimate of drug-likeness (QED) is 0.769. The monoisotopic (exact) mass is 276 g/mol. The van der Waals surface area contributed by atoms with E-state index in [0.29, 0.717) is 16.6 Å². The standard InChI is InChI=1S/C11H11BrF2O/c1-15-8-4-2-7(3-5-8)10-9(6-12)11(10,13)14/h2-5,9-10H,6H2,1H3. The SMILES string of the molecule is COc1ccc(C2C(CBr)C2(F)F)cc1. The van der Waals surface area contributed by atoms with Crippen LogP contribution in [0.4, 0.5) is 8.78 Å². The molecule has 0 heterocycles. The molecule has 1 saturated carbocycles. The van der Waals surface area contributed by atoms with Crippen molar-refractivity contribution >= 4 is 15.9 Å². The molecule has 1 aliphatic rings. The van der Waals surface area contributed by atoms with Crippen molar-refractivity contribution in [2.45, 2.75) is 11.8 Å². The zero-order valence-corrected chi connectivity index (χ0v) is 9.80. The van der Waals surface area contributed by atoms with Crippen molar-refractivity contribution in [3.8, 4) is 5.75 Å². The van der Waals surface area contributed by atoms with E-state index in [1.807, 2.05) is 0 Å². The number of methoxy groups -OCH3 is 1. The van der Waals surface area contributed by atoms with Gasteiger partial charge < -0.3 is 4.74 Å². The summed E-state index contributed by atoms with van der Waals surface area (Å²) < 4.78 is 31.5. The fourth-order valence-corrected chi connectivity index (χ4v) is 2.65. The van der Waals surface area contributed by atoms with Gasteiger partial charge in [0.25, 0.3) is 5.92 Å². The molecule has 2 atom stereocenters. The third-order valence-corrected chi connectivity index (χ3v) is 3.54. The van der Waals surface area contributed by atoms with Crippen molar-refractivity contribution in [2.75, 3.05) is 12.4 Å². The molecule has 2 unspecified atom stereocenters. The van der Waals surface area contributed by atoms with E-state index in [0.717, 1.165) is 0 Å². The highest BCUT2D eigenvalue weighted by atomic mass is 79.9. The molecule has 0 N–H and O–H groups in total. The van der Waals surface area contributed by atoms with Crippen molar-refractivity contribution in [3.05, 3.63) is 29.8 Å². The van der Waals surface area contributed by atoms with E-state index in [9.17, 15) is 8.78 Å². The molecule has 0 saturated heterocycles. The zero-order valence-electron chi connectivity index (χ0n) is 8.21. The lowest BCUT2D eigenvalue weighted by Gasteiger charge is -2.01. The maximum atomic E-state index is 13.3. The number of hydrogen-bond donors (Lipinski definition) is 0. The largest absolute Gasteiger partial charge is 0.497 e. The summed E-state index contributed by atoms with van der Waals surface area (Å²) in [5.74, 6) is -3.07. The maximum absolute atomic E-state index is 13.3. The Bertz CT molecular complexity index is 350. The second kappa shape index (κ2) is 3.74. The molecule has 0 spiro atoms. The molecule has 0 aliphatic heterocycles. The van der Waals surface area contributed by atoms with E-state index >= 15 is 0 Å². The highest BCUT2D eigenvalue weighted by molar-refractivity contribution is 9.09. The fraction of sp³-hybridized carbons (Fsp3) is 0.455. The summed E-state index contributed by atoms with van der Waals surface area (Å²) in [6.45, 7) is 0. The maximum Gasteiger partial charge on any atom is 0.259 e. The average Bonchev–Trinajstić information content (AvgIpc) is 2.80. The second-order valence-electron chi connectivity index (χ2n) is 3.69. The van der Waals surface area contributed by atoms with E-state index in [4.69, 9.17) is 4.74 Å². The van der Waals surface area contributed by atoms with E-state index in [2.05, 4.69) is 15.9 Å². The molecule has 4 heteroatoms. The molecule has 0 amide bonds. The molecule has 15 heavy (non-hydrogen) atoms. The van der Waals surface area contributed by atoms with Crippen molar-refractivity contribution in [1.82, 2.24) is 0 Å². The van der Waals surface area contributed by atoms with E-state index in [-0.39, 0.29) is 0 Å². The number of benzene rings is 1. The van der Waals surface area contributed by atoms with Crippen LogP contribution < -0.4 is 4.74 Å². The van der Waals surface area contributed by atoms with Gasteiger partial charge >= 0.3 is 0 Å². The molecule has 1 aliphatic carbocycles. The lowest BCUT2D eigenvalue weighted by atomic mass is 10.1. The molecule has 0 aromatic heterocycles. The average molecular weight is 277 g/mol. The zero-order chi connectivity index (χ0) is 11.1. The van der Waals surface area contributed by atoms with Crippen LogP contribution in [0.1, 0.15) is 11.5 Å². The topological polar surface area (TPSA) is 9.23 Å². The van der Waals surface area contributed by atoms with Gasteiger partial charge in [0, 0.05) is 11.2 Å². The molecule has 0 radical (unpaired) electrons. The summed E-state index contributed by atoms with van der Waals surface area (Å²) in [6, 6.07) is 6.85. The fourth-order valence-electron chi connectivity index (χ4n) is 1.85. The Morgan fingerprint density at radius 3 is 2.33 bits per heavy atom. The third kappa shape index (κ3) is 1.75.